The number of nitrogens with two attached hydrogens (primary N) is 1. The van der Waals surface area contributed by atoms with Gasteiger partial charge in [-0.3, -0.25) is 10.2 Å². The minimum atomic E-state index is -0.220. The van der Waals surface area contributed by atoms with Crippen molar-refractivity contribution < 1.29 is 4.79 Å². The molecule has 0 radical (unpaired) electrons. The summed E-state index contributed by atoms with van der Waals surface area (Å²) in [7, 11) is 3.22. The van der Waals surface area contributed by atoms with E-state index in [-0.39, 0.29) is 22.8 Å². The predicted molar refractivity (Wildman–Crippen MR) is 45.8 cm³/mol. The molecule has 0 aliphatic rings. The fourth-order valence-corrected chi connectivity index (χ4v) is 0.556. The third-order valence-electron chi connectivity index (χ3n) is 0.562. The summed E-state index contributed by atoms with van der Waals surface area (Å²) in [6.07, 6.45) is 0. The van der Waals surface area contributed by atoms with Crippen LogP contribution in [0.25, 0.3) is 0 Å². The summed E-state index contributed by atoms with van der Waals surface area (Å²) in [5, 5.41) is 6.32. The van der Waals surface area contributed by atoms with Crippen molar-refractivity contribution >= 4 is 34.6 Å². The van der Waals surface area contributed by atoms with Crippen LogP contribution in [0.1, 0.15) is 0 Å². The smallest absolute Gasteiger partial charge is 0.288 e. The molecule has 0 atom stereocenters. The van der Waals surface area contributed by atoms with Gasteiger partial charge in [0, 0.05) is 25.9 Å². The van der Waals surface area contributed by atoms with Crippen LogP contribution in [0.5, 0.6) is 0 Å². The second kappa shape index (κ2) is 5.37. The summed E-state index contributed by atoms with van der Waals surface area (Å²) in [5.74, 6) is 0. The number of amides is 1. The van der Waals surface area contributed by atoms with Crippen molar-refractivity contribution in [1.29, 1.82) is 5.41 Å². The number of amidine groups is 1. The number of hydrogen-bond donors (Lipinski definition) is 2. The molecule has 4 nitrogen and oxygen atoms in total. The second-order valence-corrected chi connectivity index (χ2v) is 2.62. The van der Waals surface area contributed by atoms with E-state index in [0.29, 0.717) is 11.8 Å². The van der Waals surface area contributed by atoms with Crippen LogP contribution in [0.4, 0.5) is 4.79 Å². The molecule has 3 N–H and O–H groups in total. The third kappa shape index (κ3) is 5.71. The van der Waals surface area contributed by atoms with Crippen LogP contribution in [-0.4, -0.2) is 29.4 Å². The van der Waals surface area contributed by atoms with Crippen molar-refractivity contribution in [3.8, 4) is 0 Å². The monoisotopic (exact) mass is 183 g/mol. The molecule has 0 saturated heterocycles. The van der Waals surface area contributed by atoms with Crippen LogP contribution in [0.3, 0.4) is 0 Å². The maximum Gasteiger partial charge on any atom is 0.288 e. The zero-order valence-electron chi connectivity index (χ0n) is 5.75. The number of nitrogens with zero attached hydrogens (tertiary/aromatic N) is 1. The van der Waals surface area contributed by atoms with Crippen molar-refractivity contribution in [1.82, 2.24) is 4.90 Å². The van der Waals surface area contributed by atoms with Crippen molar-refractivity contribution in [3.05, 3.63) is 0 Å². The second-order valence-electron chi connectivity index (χ2n) is 1.63. The Balaban J connectivity index is 0. The number of rotatable bonds is 0. The third-order valence-corrected chi connectivity index (χ3v) is 1.32. The fourth-order valence-electron chi connectivity index (χ4n) is 0.185. The lowest BCUT2D eigenvalue weighted by Gasteiger charge is -2.06. The number of carbonyl (C=O) groups excluding carboxylic acids is 1. The molecule has 1 amide bonds. The standard InChI is InChI=1S/C4H9N3OS.ClH/c1-7(2)4(8)9-3(5)6;/h1-2H3,(H3,5,6);1H. The van der Waals surface area contributed by atoms with Gasteiger partial charge in [-0.1, -0.05) is 0 Å². The molecule has 0 aromatic rings. The Morgan fingerprint density at radius 3 is 2.10 bits per heavy atom. The number of thioether (sulfide) groups is 1. The fraction of sp³-hybridized carbons (Fsp3) is 0.500. The molecule has 0 spiro atoms. The quantitative estimate of drug-likeness (QED) is 0.430. The van der Waals surface area contributed by atoms with E-state index in [9.17, 15) is 4.79 Å². The van der Waals surface area contributed by atoms with E-state index in [1.807, 2.05) is 0 Å². The Bertz CT molecular complexity index is 138. The summed E-state index contributed by atoms with van der Waals surface area (Å²) in [5.41, 5.74) is 4.93. The number of hydrogen-bond acceptors (Lipinski definition) is 3. The number of carbonyl (C=O) groups is 1. The Labute approximate surface area is 70.1 Å². The SMILES string of the molecule is CN(C)C(=O)SC(=N)N.Cl. The van der Waals surface area contributed by atoms with Crippen molar-refractivity contribution in [3.63, 3.8) is 0 Å². The highest BCUT2D eigenvalue weighted by Crippen LogP contribution is 2.02. The molecule has 6 heteroatoms. The molecule has 10 heavy (non-hydrogen) atoms. The van der Waals surface area contributed by atoms with Gasteiger partial charge < -0.3 is 10.6 Å². The first-order chi connectivity index (χ1) is 4.04. The predicted octanol–water partition coefficient (Wildman–Crippen LogP) is 0.716. The Morgan fingerprint density at radius 1 is 1.60 bits per heavy atom. The zero-order chi connectivity index (χ0) is 7.44. The van der Waals surface area contributed by atoms with Crippen LogP contribution in [-0.2, 0) is 0 Å². The van der Waals surface area contributed by atoms with Crippen LogP contribution in [0.2, 0.25) is 0 Å². The first-order valence-corrected chi connectivity index (χ1v) is 3.09. The molecule has 60 valence electrons. The average molecular weight is 184 g/mol. The van der Waals surface area contributed by atoms with Crippen molar-refractivity contribution in [2.24, 2.45) is 5.73 Å². The summed E-state index contributed by atoms with van der Waals surface area (Å²) < 4.78 is 0. The highest BCUT2D eigenvalue weighted by atomic mass is 35.5. The largest absolute Gasteiger partial charge is 0.378 e. The summed E-state index contributed by atoms with van der Waals surface area (Å²) in [6, 6.07) is 0. The van der Waals surface area contributed by atoms with Gasteiger partial charge in [0.25, 0.3) is 5.24 Å². The van der Waals surface area contributed by atoms with E-state index in [1.165, 1.54) is 4.90 Å². The van der Waals surface area contributed by atoms with Gasteiger partial charge in [0.15, 0.2) is 5.17 Å². The Morgan fingerprint density at radius 2 is 2.00 bits per heavy atom. The summed E-state index contributed by atoms with van der Waals surface area (Å²) in [4.78, 5) is 12.0. The lowest BCUT2D eigenvalue weighted by atomic mass is 11.0. The van der Waals surface area contributed by atoms with Crippen LogP contribution in [0.15, 0.2) is 0 Å². The maximum atomic E-state index is 10.6. The highest BCUT2D eigenvalue weighted by molar-refractivity contribution is 8.26. The van der Waals surface area contributed by atoms with Crippen LogP contribution in [0, 0.1) is 5.41 Å². The molecule has 0 aromatic heterocycles. The van der Waals surface area contributed by atoms with Gasteiger partial charge >= 0.3 is 0 Å². The van der Waals surface area contributed by atoms with E-state index < -0.39 is 0 Å². The first kappa shape index (κ1) is 12.3. The average Bonchev–Trinajstić information content (AvgIpc) is 1.63. The molecule has 0 fully saturated rings. The van der Waals surface area contributed by atoms with Crippen LogP contribution >= 0.6 is 24.2 Å². The summed E-state index contributed by atoms with van der Waals surface area (Å²) in [6.45, 7) is 0. The first-order valence-electron chi connectivity index (χ1n) is 2.27. The van der Waals surface area contributed by atoms with E-state index in [2.05, 4.69) is 0 Å². The zero-order valence-corrected chi connectivity index (χ0v) is 7.38. The molecule has 0 saturated carbocycles. The van der Waals surface area contributed by atoms with Gasteiger partial charge in [0.1, 0.15) is 0 Å². The molecular formula is C4H10ClN3OS. The van der Waals surface area contributed by atoms with Crippen LogP contribution < -0.4 is 5.73 Å². The summed E-state index contributed by atoms with van der Waals surface area (Å²) >= 11 is 0.711. The Hall–Kier alpha value is -0.420. The van der Waals surface area contributed by atoms with Gasteiger partial charge in [-0.2, -0.15) is 0 Å². The number of nitrogens with one attached hydrogen (secondary N) is 1. The van der Waals surface area contributed by atoms with Crippen molar-refractivity contribution in [2.45, 2.75) is 0 Å². The molecule has 0 aromatic carbocycles. The van der Waals surface area contributed by atoms with Crippen molar-refractivity contribution in [2.75, 3.05) is 14.1 Å². The van der Waals surface area contributed by atoms with Gasteiger partial charge in [-0.25, -0.2) is 0 Å². The van der Waals surface area contributed by atoms with E-state index in [0.717, 1.165) is 0 Å². The minimum Gasteiger partial charge on any atom is -0.378 e. The lowest BCUT2D eigenvalue weighted by molar-refractivity contribution is 0.241. The Kier molecular flexibility index (Phi) is 6.59. The molecular weight excluding hydrogens is 174 g/mol. The van der Waals surface area contributed by atoms with E-state index in [4.69, 9.17) is 11.1 Å². The highest BCUT2D eigenvalue weighted by Gasteiger charge is 2.04. The molecule has 0 rings (SSSR count). The lowest BCUT2D eigenvalue weighted by Crippen LogP contribution is -2.20. The van der Waals surface area contributed by atoms with Gasteiger partial charge in [0.05, 0.1) is 0 Å². The van der Waals surface area contributed by atoms with Gasteiger partial charge in [0.2, 0.25) is 0 Å². The molecule has 0 heterocycles. The van der Waals surface area contributed by atoms with E-state index in [1.54, 1.807) is 14.1 Å². The van der Waals surface area contributed by atoms with Gasteiger partial charge in [-0.05, 0) is 0 Å². The molecule has 0 unspecified atom stereocenters. The minimum absolute atomic E-state index is 0. The number of halogens is 1. The molecule has 0 bridgehead atoms. The van der Waals surface area contributed by atoms with E-state index >= 15 is 0 Å². The maximum absolute atomic E-state index is 10.6. The molecule has 0 aliphatic carbocycles. The van der Waals surface area contributed by atoms with Gasteiger partial charge in [-0.15, -0.1) is 12.4 Å². The topological polar surface area (TPSA) is 70.2 Å². The normalized spacial score (nSPS) is 7.80. The molecule has 0 aliphatic heterocycles.